The first-order valence-corrected chi connectivity index (χ1v) is 5.05. The van der Waals surface area contributed by atoms with Crippen LogP contribution in [-0.2, 0) is 4.79 Å². The van der Waals surface area contributed by atoms with Crippen molar-refractivity contribution in [3.63, 3.8) is 0 Å². The van der Waals surface area contributed by atoms with Gasteiger partial charge in [-0.1, -0.05) is 18.2 Å². The van der Waals surface area contributed by atoms with Crippen molar-refractivity contribution in [2.75, 3.05) is 14.1 Å². The molecule has 0 heterocycles. The Bertz CT molecular complexity index is 413. The van der Waals surface area contributed by atoms with Crippen molar-refractivity contribution in [3.05, 3.63) is 35.4 Å². The molecule has 0 saturated carbocycles. The van der Waals surface area contributed by atoms with Gasteiger partial charge >= 0.3 is 0 Å². The minimum absolute atomic E-state index is 0.0475. The predicted molar refractivity (Wildman–Crippen MR) is 62.1 cm³/mol. The summed E-state index contributed by atoms with van der Waals surface area (Å²) in [5, 5.41) is 0. The molecular formula is C12H16N2O2. The molecule has 0 bridgehead atoms. The van der Waals surface area contributed by atoms with Gasteiger partial charge in [0.05, 0.1) is 5.92 Å². The zero-order valence-corrected chi connectivity index (χ0v) is 9.73. The van der Waals surface area contributed by atoms with E-state index in [1.54, 1.807) is 45.3 Å². The van der Waals surface area contributed by atoms with Crippen LogP contribution in [0.5, 0.6) is 0 Å². The quantitative estimate of drug-likeness (QED) is 0.825. The Labute approximate surface area is 95.0 Å². The number of likely N-dealkylation sites (N-methyl/N-ethyl adjacent to an activating group) is 1. The van der Waals surface area contributed by atoms with Crippen LogP contribution in [0.25, 0.3) is 0 Å². The SMILES string of the molecule is C[C@H](C(=O)N(C)C)c1ccccc1C(N)=O. The van der Waals surface area contributed by atoms with Gasteiger partial charge in [-0.2, -0.15) is 0 Å². The van der Waals surface area contributed by atoms with Crippen molar-refractivity contribution in [1.82, 2.24) is 4.90 Å². The zero-order valence-electron chi connectivity index (χ0n) is 9.73. The summed E-state index contributed by atoms with van der Waals surface area (Å²) in [6, 6.07) is 6.92. The highest BCUT2D eigenvalue weighted by Gasteiger charge is 2.21. The van der Waals surface area contributed by atoms with E-state index < -0.39 is 5.91 Å². The summed E-state index contributed by atoms with van der Waals surface area (Å²) in [4.78, 5) is 24.5. The maximum absolute atomic E-state index is 11.8. The molecule has 0 fully saturated rings. The van der Waals surface area contributed by atoms with Crippen molar-refractivity contribution >= 4 is 11.8 Å². The minimum Gasteiger partial charge on any atom is -0.366 e. The summed E-state index contributed by atoms with van der Waals surface area (Å²) < 4.78 is 0. The molecule has 1 rings (SSSR count). The fourth-order valence-corrected chi connectivity index (χ4v) is 1.62. The number of hydrogen-bond acceptors (Lipinski definition) is 2. The molecule has 0 radical (unpaired) electrons. The van der Waals surface area contributed by atoms with Gasteiger partial charge in [-0.15, -0.1) is 0 Å². The van der Waals surface area contributed by atoms with Crippen LogP contribution in [0, 0.1) is 0 Å². The molecule has 1 aromatic rings. The Hall–Kier alpha value is -1.84. The molecular weight excluding hydrogens is 204 g/mol. The first kappa shape index (κ1) is 12.2. The Balaban J connectivity index is 3.13. The maximum atomic E-state index is 11.8. The van der Waals surface area contributed by atoms with Gasteiger partial charge in [0.1, 0.15) is 0 Å². The van der Waals surface area contributed by atoms with Crippen molar-refractivity contribution in [3.8, 4) is 0 Å². The number of rotatable bonds is 3. The summed E-state index contributed by atoms with van der Waals surface area (Å²) in [6.45, 7) is 1.77. The lowest BCUT2D eigenvalue weighted by Gasteiger charge is -2.18. The van der Waals surface area contributed by atoms with E-state index in [0.717, 1.165) is 0 Å². The van der Waals surface area contributed by atoms with Gasteiger partial charge in [0, 0.05) is 19.7 Å². The van der Waals surface area contributed by atoms with Crippen LogP contribution in [0.15, 0.2) is 24.3 Å². The molecule has 0 saturated heterocycles. The smallest absolute Gasteiger partial charge is 0.249 e. The predicted octanol–water partition coefficient (Wildman–Crippen LogP) is 0.977. The highest BCUT2D eigenvalue weighted by atomic mass is 16.2. The number of primary amides is 1. The van der Waals surface area contributed by atoms with E-state index in [1.165, 1.54) is 4.90 Å². The van der Waals surface area contributed by atoms with Crippen LogP contribution in [0.4, 0.5) is 0 Å². The van der Waals surface area contributed by atoms with Crippen molar-refractivity contribution < 1.29 is 9.59 Å². The Morgan fingerprint density at radius 2 is 1.81 bits per heavy atom. The molecule has 0 spiro atoms. The fraction of sp³-hybridized carbons (Fsp3) is 0.333. The van der Waals surface area contributed by atoms with Crippen LogP contribution in [0.1, 0.15) is 28.8 Å². The monoisotopic (exact) mass is 220 g/mol. The lowest BCUT2D eigenvalue weighted by Crippen LogP contribution is -2.28. The zero-order chi connectivity index (χ0) is 12.3. The molecule has 0 aliphatic carbocycles. The first-order valence-electron chi connectivity index (χ1n) is 5.05. The van der Waals surface area contributed by atoms with Crippen LogP contribution >= 0.6 is 0 Å². The Morgan fingerprint density at radius 1 is 1.25 bits per heavy atom. The number of benzene rings is 1. The molecule has 1 atom stereocenters. The largest absolute Gasteiger partial charge is 0.366 e. The molecule has 4 nitrogen and oxygen atoms in total. The average Bonchev–Trinajstić information content (AvgIpc) is 2.26. The highest BCUT2D eigenvalue weighted by molar-refractivity contribution is 5.96. The van der Waals surface area contributed by atoms with Gasteiger partial charge < -0.3 is 10.6 Å². The summed E-state index contributed by atoms with van der Waals surface area (Å²) in [7, 11) is 3.37. The molecule has 0 aliphatic heterocycles. The molecule has 0 aromatic heterocycles. The first-order chi connectivity index (χ1) is 7.45. The van der Waals surface area contributed by atoms with E-state index >= 15 is 0 Å². The number of amides is 2. The second kappa shape index (κ2) is 4.79. The summed E-state index contributed by atoms with van der Waals surface area (Å²) in [6.07, 6.45) is 0. The maximum Gasteiger partial charge on any atom is 0.249 e. The number of carbonyl (C=O) groups excluding carboxylic acids is 2. The van der Waals surface area contributed by atoms with Crippen molar-refractivity contribution in [1.29, 1.82) is 0 Å². The van der Waals surface area contributed by atoms with E-state index in [2.05, 4.69) is 0 Å². The van der Waals surface area contributed by atoms with Crippen LogP contribution in [-0.4, -0.2) is 30.8 Å². The minimum atomic E-state index is -0.506. The Morgan fingerprint density at radius 3 is 2.31 bits per heavy atom. The number of nitrogens with two attached hydrogens (primary N) is 1. The average molecular weight is 220 g/mol. The molecule has 1 aromatic carbocycles. The van der Waals surface area contributed by atoms with E-state index in [1.807, 2.05) is 0 Å². The standard InChI is InChI=1S/C12H16N2O2/c1-8(12(16)14(2)3)9-6-4-5-7-10(9)11(13)15/h4-8H,1-3H3,(H2,13,15)/t8-/m0/s1. The summed E-state index contributed by atoms with van der Waals surface area (Å²) >= 11 is 0. The lowest BCUT2D eigenvalue weighted by atomic mass is 9.94. The molecule has 0 aliphatic rings. The normalized spacial score (nSPS) is 11.9. The highest BCUT2D eigenvalue weighted by Crippen LogP contribution is 2.21. The second-order valence-electron chi connectivity index (χ2n) is 3.91. The lowest BCUT2D eigenvalue weighted by molar-refractivity contribution is -0.129. The van der Waals surface area contributed by atoms with Gasteiger partial charge in [-0.05, 0) is 18.6 Å². The molecule has 16 heavy (non-hydrogen) atoms. The fourth-order valence-electron chi connectivity index (χ4n) is 1.62. The van der Waals surface area contributed by atoms with Gasteiger partial charge in [-0.25, -0.2) is 0 Å². The third kappa shape index (κ3) is 2.39. The number of nitrogens with zero attached hydrogens (tertiary/aromatic N) is 1. The Kier molecular flexibility index (Phi) is 3.66. The van der Waals surface area contributed by atoms with E-state index in [4.69, 9.17) is 5.73 Å². The number of hydrogen-bond donors (Lipinski definition) is 1. The summed E-state index contributed by atoms with van der Waals surface area (Å²) in [5.74, 6) is -0.915. The van der Waals surface area contributed by atoms with Gasteiger partial charge in [0.25, 0.3) is 0 Å². The van der Waals surface area contributed by atoms with Crippen molar-refractivity contribution in [2.24, 2.45) is 5.73 Å². The summed E-state index contributed by atoms with van der Waals surface area (Å²) in [5.41, 5.74) is 6.35. The topological polar surface area (TPSA) is 63.4 Å². The molecule has 2 amide bonds. The van der Waals surface area contributed by atoms with Crippen LogP contribution in [0.2, 0.25) is 0 Å². The van der Waals surface area contributed by atoms with Crippen molar-refractivity contribution in [2.45, 2.75) is 12.8 Å². The van der Waals surface area contributed by atoms with E-state index in [9.17, 15) is 9.59 Å². The third-order valence-electron chi connectivity index (χ3n) is 2.50. The van der Waals surface area contributed by atoms with Gasteiger partial charge in [0.15, 0.2) is 0 Å². The third-order valence-corrected chi connectivity index (χ3v) is 2.50. The van der Waals surface area contributed by atoms with Crippen LogP contribution in [0.3, 0.4) is 0 Å². The number of carbonyl (C=O) groups is 2. The molecule has 2 N–H and O–H groups in total. The van der Waals surface area contributed by atoms with E-state index in [0.29, 0.717) is 11.1 Å². The molecule has 4 heteroatoms. The van der Waals surface area contributed by atoms with E-state index in [-0.39, 0.29) is 11.8 Å². The van der Waals surface area contributed by atoms with Gasteiger partial charge in [0.2, 0.25) is 11.8 Å². The second-order valence-corrected chi connectivity index (χ2v) is 3.91. The van der Waals surface area contributed by atoms with Crippen LogP contribution < -0.4 is 5.73 Å². The van der Waals surface area contributed by atoms with Gasteiger partial charge in [-0.3, -0.25) is 9.59 Å². The molecule has 86 valence electrons. The molecule has 0 unspecified atom stereocenters.